The fourth-order valence-electron chi connectivity index (χ4n) is 3.93. The number of allylic oxidation sites excluding steroid dienone is 1. The predicted molar refractivity (Wildman–Crippen MR) is 124 cm³/mol. The van der Waals surface area contributed by atoms with Crippen LogP contribution in [-0.4, -0.2) is 21.6 Å². The minimum atomic E-state index is -4.58. The summed E-state index contributed by atoms with van der Waals surface area (Å²) in [5, 5.41) is 4.64. The average Bonchev–Trinajstić information content (AvgIpc) is 3.03. The van der Waals surface area contributed by atoms with E-state index in [0.717, 1.165) is 12.1 Å². The van der Waals surface area contributed by atoms with Crippen molar-refractivity contribution < 1.29 is 22.4 Å². The highest BCUT2D eigenvalue weighted by atomic mass is 19.4. The third-order valence-corrected chi connectivity index (χ3v) is 5.55. The van der Waals surface area contributed by atoms with E-state index >= 15 is 0 Å². The number of carbonyl (C=O) groups is 1. The first-order chi connectivity index (χ1) is 16.8. The van der Waals surface area contributed by atoms with Crippen molar-refractivity contribution in [3.8, 4) is 23.1 Å². The molecule has 3 heterocycles. The van der Waals surface area contributed by atoms with Crippen molar-refractivity contribution >= 4 is 17.5 Å². The van der Waals surface area contributed by atoms with E-state index in [2.05, 4.69) is 21.9 Å². The number of aliphatic imine (C=N–C) groups is 1. The maximum absolute atomic E-state index is 13.6. The van der Waals surface area contributed by atoms with Crippen LogP contribution >= 0.6 is 0 Å². The van der Waals surface area contributed by atoms with Gasteiger partial charge in [0.2, 0.25) is 5.78 Å². The summed E-state index contributed by atoms with van der Waals surface area (Å²) < 4.78 is 54.6. The Balaban J connectivity index is 1.72. The Labute approximate surface area is 197 Å². The second-order valence-electron chi connectivity index (χ2n) is 7.77. The van der Waals surface area contributed by atoms with Crippen LogP contribution < -0.4 is 0 Å². The number of carbonyl (C=O) groups excluding carboxylic acids is 1. The third kappa shape index (κ3) is 4.24. The number of pyridine rings is 1. The molecule has 5 rings (SSSR count). The van der Waals surface area contributed by atoms with Crippen molar-refractivity contribution in [2.24, 2.45) is 4.99 Å². The standard InChI is InChI=1S/C27H15F4N3O/c28-21-11-9-18(10-12-21)25-24(17-5-3-14-32-15-13-17)22-7-2-8-23(34(22)33-25)26(35)19-4-1-6-20(16-19)27(29,30)31/h1-2,4,6-17H. The predicted octanol–water partition coefficient (Wildman–Crippen LogP) is 6.08. The van der Waals surface area contributed by atoms with Crippen molar-refractivity contribution in [1.29, 1.82) is 0 Å². The van der Waals surface area contributed by atoms with Gasteiger partial charge in [0.25, 0.3) is 0 Å². The first kappa shape index (κ1) is 22.3. The van der Waals surface area contributed by atoms with E-state index in [1.165, 1.54) is 41.1 Å². The Kier molecular flexibility index (Phi) is 5.53. The van der Waals surface area contributed by atoms with Crippen LogP contribution in [0, 0.1) is 17.7 Å². The van der Waals surface area contributed by atoms with Gasteiger partial charge in [0, 0.05) is 22.9 Å². The topological polar surface area (TPSA) is 46.7 Å². The summed E-state index contributed by atoms with van der Waals surface area (Å²) in [5.41, 5.74) is 1.34. The Hall–Kier alpha value is -4.51. The Morgan fingerprint density at radius 1 is 1.00 bits per heavy atom. The van der Waals surface area contributed by atoms with Gasteiger partial charge in [-0.25, -0.2) is 8.91 Å². The molecule has 1 unspecified atom stereocenters. The number of benzene rings is 2. The first-order valence-electron chi connectivity index (χ1n) is 10.5. The molecule has 0 spiro atoms. The molecular weight excluding hydrogens is 458 g/mol. The summed E-state index contributed by atoms with van der Waals surface area (Å²) in [5.74, 6) is 4.46. The van der Waals surface area contributed by atoms with Crippen LogP contribution in [0.5, 0.6) is 0 Å². The van der Waals surface area contributed by atoms with Crippen molar-refractivity contribution in [2.75, 3.05) is 0 Å². The fourth-order valence-corrected chi connectivity index (χ4v) is 3.93. The second kappa shape index (κ2) is 8.69. The minimum Gasteiger partial charge on any atom is -0.287 e. The van der Waals surface area contributed by atoms with Crippen molar-refractivity contribution in [3.05, 3.63) is 107 Å². The monoisotopic (exact) mass is 473 g/mol. The summed E-state index contributed by atoms with van der Waals surface area (Å²) >= 11 is 0. The number of hydrogen-bond acceptors (Lipinski definition) is 3. The molecule has 8 heteroatoms. The number of aromatic nitrogens is 2. The highest BCUT2D eigenvalue weighted by molar-refractivity contribution is 6.08. The van der Waals surface area contributed by atoms with E-state index in [1.807, 2.05) is 0 Å². The SMILES string of the molecule is O=C(c1cccc(C(F)(F)F)c1)c1cccc2c(C3C#CC=NC=C3)c(-c3ccc(F)cc3)nn12. The van der Waals surface area contributed by atoms with Crippen LogP contribution in [0.2, 0.25) is 0 Å². The van der Waals surface area contributed by atoms with Gasteiger partial charge in [0.05, 0.1) is 28.9 Å². The Morgan fingerprint density at radius 2 is 1.77 bits per heavy atom. The molecule has 0 radical (unpaired) electrons. The zero-order chi connectivity index (χ0) is 24.6. The van der Waals surface area contributed by atoms with Crippen molar-refractivity contribution in [1.82, 2.24) is 9.61 Å². The van der Waals surface area contributed by atoms with E-state index < -0.39 is 29.3 Å². The molecular formula is C27H15F4N3O. The molecule has 0 bridgehead atoms. The fraction of sp³-hybridized carbons (Fsp3) is 0.0741. The van der Waals surface area contributed by atoms with Crippen LogP contribution in [-0.2, 0) is 6.18 Å². The zero-order valence-corrected chi connectivity index (χ0v) is 17.9. The molecule has 2 aromatic heterocycles. The Morgan fingerprint density at radius 3 is 2.54 bits per heavy atom. The number of hydrogen-bond donors (Lipinski definition) is 0. The van der Waals surface area contributed by atoms with Gasteiger partial charge in [-0.05, 0) is 54.6 Å². The lowest BCUT2D eigenvalue weighted by Gasteiger charge is -2.09. The van der Waals surface area contributed by atoms with Gasteiger partial charge in [0.1, 0.15) is 11.5 Å². The molecule has 1 aliphatic heterocycles. The molecule has 172 valence electrons. The molecule has 0 aliphatic carbocycles. The van der Waals surface area contributed by atoms with Gasteiger partial charge in [-0.3, -0.25) is 9.79 Å². The lowest BCUT2D eigenvalue weighted by atomic mass is 9.94. The molecule has 35 heavy (non-hydrogen) atoms. The Bertz CT molecular complexity index is 1570. The van der Waals surface area contributed by atoms with Crippen LogP contribution in [0.15, 0.2) is 84.0 Å². The molecule has 0 saturated heterocycles. The van der Waals surface area contributed by atoms with Crippen LogP contribution in [0.25, 0.3) is 16.8 Å². The summed E-state index contributed by atoms with van der Waals surface area (Å²) in [6.07, 6.45) is 0.251. The summed E-state index contributed by atoms with van der Waals surface area (Å²) in [6.45, 7) is 0. The average molecular weight is 473 g/mol. The molecule has 0 amide bonds. The van der Waals surface area contributed by atoms with E-state index in [9.17, 15) is 22.4 Å². The number of rotatable bonds is 4. The van der Waals surface area contributed by atoms with Gasteiger partial charge in [-0.15, -0.1) is 0 Å². The van der Waals surface area contributed by atoms with E-state index in [0.29, 0.717) is 22.3 Å². The molecule has 1 atom stereocenters. The zero-order valence-electron chi connectivity index (χ0n) is 17.9. The molecule has 2 aromatic carbocycles. The lowest BCUT2D eigenvalue weighted by molar-refractivity contribution is -0.137. The van der Waals surface area contributed by atoms with Gasteiger partial charge in [0.15, 0.2) is 0 Å². The smallest absolute Gasteiger partial charge is 0.287 e. The van der Waals surface area contributed by atoms with Crippen LogP contribution in [0.4, 0.5) is 17.6 Å². The van der Waals surface area contributed by atoms with Crippen molar-refractivity contribution in [3.63, 3.8) is 0 Å². The van der Waals surface area contributed by atoms with Crippen LogP contribution in [0.3, 0.4) is 0 Å². The summed E-state index contributed by atoms with van der Waals surface area (Å²) in [6, 6.07) is 14.9. The quantitative estimate of drug-likeness (QED) is 0.205. The molecule has 4 aromatic rings. The molecule has 0 saturated carbocycles. The highest BCUT2D eigenvalue weighted by Gasteiger charge is 2.31. The molecule has 0 fully saturated rings. The van der Waals surface area contributed by atoms with Crippen molar-refractivity contribution in [2.45, 2.75) is 12.1 Å². The number of halogens is 4. The van der Waals surface area contributed by atoms with Gasteiger partial charge in [-0.1, -0.05) is 30.0 Å². The van der Waals surface area contributed by atoms with E-state index in [1.54, 1.807) is 36.5 Å². The second-order valence-corrected chi connectivity index (χ2v) is 7.77. The maximum atomic E-state index is 13.6. The molecule has 0 N–H and O–H groups in total. The van der Waals surface area contributed by atoms with Crippen LogP contribution in [0.1, 0.15) is 33.1 Å². The number of nitrogens with zero attached hydrogens (tertiary/aromatic N) is 3. The van der Waals surface area contributed by atoms with Gasteiger partial charge >= 0.3 is 6.18 Å². The number of ketones is 1. The third-order valence-electron chi connectivity index (χ3n) is 5.55. The normalized spacial score (nSPS) is 15.0. The number of alkyl halides is 3. The summed E-state index contributed by atoms with van der Waals surface area (Å²) in [4.78, 5) is 17.4. The largest absolute Gasteiger partial charge is 0.416 e. The lowest BCUT2D eigenvalue weighted by Crippen LogP contribution is -2.11. The maximum Gasteiger partial charge on any atom is 0.416 e. The van der Waals surface area contributed by atoms with E-state index in [-0.39, 0.29) is 11.3 Å². The molecule has 4 nitrogen and oxygen atoms in total. The highest BCUT2D eigenvalue weighted by Crippen LogP contribution is 2.35. The van der Waals surface area contributed by atoms with Gasteiger partial charge in [-0.2, -0.15) is 18.3 Å². The first-order valence-corrected chi connectivity index (χ1v) is 10.5. The number of fused-ring (bicyclic) bond motifs is 1. The summed E-state index contributed by atoms with van der Waals surface area (Å²) in [7, 11) is 0. The molecule has 1 aliphatic rings. The minimum absolute atomic E-state index is 0.0817. The van der Waals surface area contributed by atoms with Gasteiger partial charge < -0.3 is 0 Å². The van der Waals surface area contributed by atoms with E-state index in [4.69, 9.17) is 0 Å².